The second-order valence-electron chi connectivity index (χ2n) is 4.13. The molecule has 0 saturated carbocycles. The van der Waals surface area contributed by atoms with Crippen LogP contribution in [0.1, 0.15) is 5.56 Å². The lowest BCUT2D eigenvalue weighted by molar-refractivity contribution is 0.602. The molecule has 100 valence electrons. The minimum Gasteiger partial charge on any atom is -0.366 e. The van der Waals surface area contributed by atoms with Gasteiger partial charge in [-0.25, -0.2) is 13.4 Å². The highest BCUT2D eigenvalue weighted by Crippen LogP contribution is 2.13. The summed E-state index contributed by atoms with van der Waals surface area (Å²) in [7, 11) is -3.13. The Hall–Kier alpha value is -1.40. The molecule has 0 saturated heterocycles. The molecule has 19 heavy (non-hydrogen) atoms. The fraction of sp³-hybridized carbons (Fsp3) is 0.154. The van der Waals surface area contributed by atoms with Gasteiger partial charge >= 0.3 is 0 Å². The van der Waals surface area contributed by atoms with E-state index in [1.54, 1.807) is 30.5 Å². The van der Waals surface area contributed by atoms with Gasteiger partial charge in [0.2, 0.25) is 0 Å². The molecule has 0 aliphatic rings. The average molecular weight is 341 g/mol. The molecule has 6 heteroatoms. The Morgan fingerprint density at radius 1 is 1.16 bits per heavy atom. The van der Waals surface area contributed by atoms with Gasteiger partial charge in [0, 0.05) is 23.5 Å². The number of hydrogen-bond donors (Lipinski definition) is 1. The maximum Gasteiger partial charge on any atom is 0.175 e. The summed E-state index contributed by atoms with van der Waals surface area (Å²) in [5.41, 5.74) is 0.997. The Morgan fingerprint density at radius 2 is 1.84 bits per heavy atom. The molecule has 0 aliphatic heterocycles. The van der Waals surface area contributed by atoms with Crippen molar-refractivity contribution in [2.24, 2.45) is 0 Å². The molecule has 0 bridgehead atoms. The minimum atomic E-state index is -3.13. The van der Waals surface area contributed by atoms with E-state index in [4.69, 9.17) is 0 Å². The number of halogens is 1. The maximum absolute atomic E-state index is 11.3. The Morgan fingerprint density at radius 3 is 2.37 bits per heavy atom. The third-order valence-electron chi connectivity index (χ3n) is 2.55. The molecule has 1 aromatic carbocycles. The van der Waals surface area contributed by atoms with E-state index in [1.807, 2.05) is 12.1 Å². The Kier molecular flexibility index (Phi) is 4.21. The standard InChI is InChI=1S/C13H13BrN2O2S/c1-19(17,18)12-5-2-10(3-6-12)8-15-13-7-4-11(14)9-16-13/h2-7,9H,8H2,1H3,(H,15,16). The Labute approximate surface area is 120 Å². The zero-order valence-electron chi connectivity index (χ0n) is 10.3. The molecule has 4 nitrogen and oxygen atoms in total. The number of nitrogens with zero attached hydrogens (tertiary/aromatic N) is 1. The number of rotatable bonds is 4. The molecule has 0 fully saturated rings. The topological polar surface area (TPSA) is 59.1 Å². The van der Waals surface area contributed by atoms with Crippen LogP contribution in [0, 0.1) is 0 Å². The summed E-state index contributed by atoms with van der Waals surface area (Å²) in [6, 6.07) is 10.6. The first-order valence-electron chi connectivity index (χ1n) is 5.59. The summed E-state index contributed by atoms with van der Waals surface area (Å²) in [5.74, 6) is 0.774. The molecule has 2 rings (SSSR count). The van der Waals surface area contributed by atoms with Crippen LogP contribution >= 0.6 is 15.9 Å². The minimum absolute atomic E-state index is 0.331. The molecule has 0 radical (unpaired) electrons. The van der Waals surface area contributed by atoms with Gasteiger partial charge in [0.15, 0.2) is 9.84 Å². The van der Waals surface area contributed by atoms with Crippen molar-refractivity contribution in [2.75, 3.05) is 11.6 Å². The average Bonchev–Trinajstić information content (AvgIpc) is 2.37. The van der Waals surface area contributed by atoms with E-state index in [0.29, 0.717) is 11.4 Å². The van der Waals surface area contributed by atoms with Crippen LogP contribution in [0.2, 0.25) is 0 Å². The van der Waals surface area contributed by atoms with Gasteiger partial charge in [-0.1, -0.05) is 12.1 Å². The van der Waals surface area contributed by atoms with Crippen molar-refractivity contribution in [2.45, 2.75) is 11.4 Å². The zero-order chi connectivity index (χ0) is 13.9. The van der Waals surface area contributed by atoms with E-state index < -0.39 is 9.84 Å². The van der Waals surface area contributed by atoms with Crippen LogP contribution in [0.3, 0.4) is 0 Å². The van der Waals surface area contributed by atoms with Crippen LogP contribution in [-0.4, -0.2) is 19.7 Å². The highest BCUT2D eigenvalue weighted by molar-refractivity contribution is 9.10. The monoisotopic (exact) mass is 340 g/mol. The first-order chi connectivity index (χ1) is 8.95. The van der Waals surface area contributed by atoms with Crippen molar-refractivity contribution in [3.05, 3.63) is 52.6 Å². The molecule has 1 heterocycles. The summed E-state index contributed by atoms with van der Waals surface area (Å²) in [4.78, 5) is 4.53. The zero-order valence-corrected chi connectivity index (χ0v) is 12.7. The van der Waals surface area contributed by atoms with Gasteiger partial charge in [-0.05, 0) is 45.8 Å². The molecule has 1 N–H and O–H groups in total. The number of hydrogen-bond acceptors (Lipinski definition) is 4. The maximum atomic E-state index is 11.3. The van der Waals surface area contributed by atoms with Gasteiger partial charge in [-0.3, -0.25) is 0 Å². The van der Waals surface area contributed by atoms with Crippen molar-refractivity contribution in [3.8, 4) is 0 Å². The number of aromatic nitrogens is 1. The van der Waals surface area contributed by atoms with Gasteiger partial charge in [0.1, 0.15) is 5.82 Å². The van der Waals surface area contributed by atoms with E-state index in [1.165, 1.54) is 6.26 Å². The second kappa shape index (κ2) is 5.71. The molecular formula is C13H13BrN2O2S. The fourth-order valence-electron chi connectivity index (χ4n) is 1.53. The van der Waals surface area contributed by atoms with Gasteiger partial charge in [0.25, 0.3) is 0 Å². The van der Waals surface area contributed by atoms with Crippen molar-refractivity contribution in [1.82, 2.24) is 4.98 Å². The van der Waals surface area contributed by atoms with E-state index in [0.717, 1.165) is 15.9 Å². The molecule has 1 aromatic heterocycles. The first-order valence-corrected chi connectivity index (χ1v) is 8.28. The van der Waals surface area contributed by atoms with Crippen LogP contribution < -0.4 is 5.32 Å². The molecule has 0 amide bonds. The van der Waals surface area contributed by atoms with Crippen LogP contribution in [0.15, 0.2) is 52.0 Å². The van der Waals surface area contributed by atoms with Gasteiger partial charge in [-0.2, -0.15) is 0 Å². The van der Waals surface area contributed by atoms with Crippen LogP contribution in [-0.2, 0) is 16.4 Å². The molecule has 2 aromatic rings. The van der Waals surface area contributed by atoms with E-state index in [-0.39, 0.29) is 0 Å². The third kappa shape index (κ3) is 4.04. The Balaban J connectivity index is 2.02. The fourth-order valence-corrected chi connectivity index (χ4v) is 2.39. The van der Waals surface area contributed by atoms with Gasteiger partial charge < -0.3 is 5.32 Å². The summed E-state index contributed by atoms with van der Waals surface area (Å²) in [6.07, 6.45) is 2.92. The highest BCUT2D eigenvalue weighted by atomic mass is 79.9. The normalized spacial score (nSPS) is 11.3. The number of sulfone groups is 1. The van der Waals surface area contributed by atoms with Gasteiger partial charge in [-0.15, -0.1) is 0 Å². The van der Waals surface area contributed by atoms with E-state index >= 15 is 0 Å². The lowest BCUT2D eigenvalue weighted by Crippen LogP contribution is -2.02. The summed E-state index contributed by atoms with van der Waals surface area (Å²) >= 11 is 3.32. The van der Waals surface area contributed by atoms with Crippen LogP contribution in [0.4, 0.5) is 5.82 Å². The van der Waals surface area contributed by atoms with Crippen LogP contribution in [0.25, 0.3) is 0 Å². The predicted octanol–water partition coefficient (Wildman–Crippen LogP) is 2.86. The number of benzene rings is 1. The van der Waals surface area contributed by atoms with Crippen LogP contribution in [0.5, 0.6) is 0 Å². The third-order valence-corrected chi connectivity index (χ3v) is 4.15. The highest BCUT2D eigenvalue weighted by Gasteiger charge is 2.05. The lowest BCUT2D eigenvalue weighted by atomic mass is 10.2. The number of nitrogens with one attached hydrogen (secondary N) is 1. The molecular weight excluding hydrogens is 328 g/mol. The molecule has 0 aliphatic carbocycles. The first kappa shape index (κ1) is 14.0. The summed E-state index contributed by atoms with van der Waals surface area (Å²) in [6.45, 7) is 0.596. The number of pyridine rings is 1. The Bertz CT molecular complexity index is 652. The van der Waals surface area contributed by atoms with E-state index in [2.05, 4.69) is 26.2 Å². The van der Waals surface area contributed by atoms with Crippen molar-refractivity contribution < 1.29 is 8.42 Å². The quantitative estimate of drug-likeness (QED) is 0.929. The largest absolute Gasteiger partial charge is 0.366 e. The van der Waals surface area contributed by atoms with Gasteiger partial charge in [0.05, 0.1) is 4.90 Å². The predicted molar refractivity (Wildman–Crippen MR) is 78.8 cm³/mol. The molecule has 0 unspecified atom stereocenters. The van der Waals surface area contributed by atoms with E-state index in [9.17, 15) is 8.42 Å². The van der Waals surface area contributed by atoms with Crippen molar-refractivity contribution in [3.63, 3.8) is 0 Å². The SMILES string of the molecule is CS(=O)(=O)c1ccc(CNc2ccc(Br)cn2)cc1. The number of anilines is 1. The molecule has 0 spiro atoms. The van der Waals surface area contributed by atoms with Crippen molar-refractivity contribution >= 4 is 31.6 Å². The molecule has 0 atom stereocenters. The smallest absolute Gasteiger partial charge is 0.175 e. The summed E-state index contributed by atoms with van der Waals surface area (Å²) in [5, 5.41) is 3.16. The second-order valence-corrected chi connectivity index (χ2v) is 7.06. The lowest BCUT2D eigenvalue weighted by Gasteiger charge is -2.06. The summed E-state index contributed by atoms with van der Waals surface area (Å²) < 4.78 is 23.6. The van der Waals surface area contributed by atoms with Crippen molar-refractivity contribution in [1.29, 1.82) is 0 Å².